The Balaban J connectivity index is 1.59. The quantitative estimate of drug-likeness (QED) is 0.654. The first-order chi connectivity index (χ1) is 11.5. The first-order valence-electron chi connectivity index (χ1n) is 7.83. The molecule has 24 heavy (non-hydrogen) atoms. The van der Waals surface area contributed by atoms with E-state index in [0.717, 1.165) is 16.0 Å². The van der Waals surface area contributed by atoms with Crippen LogP contribution in [0.4, 0.5) is 0 Å². The summed E-state index contributed by atoms with van der Waals surface area (Å²) in [5.41, 5.74) is 3.67. The van der Waals surface area contributed by atoms with Crippen molar-refractivity contribution in [2.45, 2.75) is 19.6 Å². The van der Waals surface area contributed by atoms with E-state index in [1.165, 1.54) is 16.7 Å². The molecule has 0 saturated heterocycles. The van der Waals surface area contributed by atoms with Crippen molar-refractivity contribution >= 4 is 33.6 Å². The number of hydrogen-bond donors (Lipinski definition) is 1. The molecule has 2 aromatic carbocycles. The molecule has 0 unspecified atom stereocenters. The van der Waals surface area contributed by atoms with Crippen LogP contribution in [0.25, 0.3) is 0 Å². The van der Waals surface area contributed by atoms with E-state index in [4.69, 9.17) is 4.74 Å². The maximum atomic E-state index is 11.8. The highest BCUT2D eigenvalue weighted by molar-refractivity contribution is 9.10. The molecule has 2 rings (SSSR count). The van der Waals surface area contributed by atoms with E-state index in [1.54, 1.807) is 11.8 Å². The maximum Gasteiger partial charge on any atom is 0.230 e. The largest absolute Gasteiger partial charge is 0.492 e. The molecule has 0 aliphatic carbocycles. The molecule has 0 aliphatic heterocycles. The number of thioether (sulfide) groups is 1. The van der Waals surface area contributed by atoms with Gasteiger partial charge in [-0.3, -0.25) is 4.79 Å². The van der Waals surface area contributed by atoms with Crippen molar-refractivity contribution in [3.63, 3.8) is 0 Å². The number of aryl methyl sites for hydroxylation is 2. The Labute approximate surface area is 156 Å². The fraction of sp³-hybridized carbons (Fsp3) is 0.316. The summed E-state index contributed by atoms with van der Waals surface area (Å²) in [6, 6.07) is 14.2. The van der Waals surface area contributed by atoms with Crippen LogP contribution in [-0.4, -0.2) is 24.8 Å². The number of rotatable bonds is 8. The number of benzene rings is 2. The van der Waals surface area contributed by atoms with Gasteiger partial charge < -0.3 is 10.1 Å². The van der Waals surface area contributed by atoms with Gasteiger partial charge in [0.15, 0.2) is 0 Å². The highest BCUT2D eigenvalue weighted by Crippen LogP contribution is 2.17. The molecular weight excluding hydrogens is 386 g/mol. The Hall–Kier alpha value is -1.46. The van der Waals surface area contributed by atoms with Crippen LogP contribution in [-0.2, 0) is 10.5 Å². The van der Waals surface area contributed by atoms with Crippen molar-refractivity contribution in [2.24, 2.45) is 0 Å². The number of carbonyl (C=O) groups excluding carboxylic acids is 1. The van der Waals surface area contributed by atoms with Crippen molar-refractivity contribution < 1.29 is 9.53 Å². The van der Waals surface area contributed by atoms with E-state index in [1.807, 2.05) is 30.3 Å². The third kappa shape index (κ3) is 6.57. The molecule has 2 aromatic rings. The molecule has 0 spiro atoms. The Kier molecular flexibility index (Phi) is 7.66. The summed E-state index contributed by atoms with van der Waals surface area (Å²) >= 11 is 5.02. The van der Waals surface area contributed by atoms with E-state index < -0.39 is 0 Å². The van der Waals surface area contributed by atoms with Gasteiger partial charge in [0.1, 0.15) is 12.4 Å². The molecule has 1 amide bonds. The van der Waals surface area contributed by atoms with Crippen LogP contribution in [0.5, 0.6) is 5.75 Å². The lowest BCUT2D eigenvalue weighted by Gasteiger charge is -2.09. The van der Waals surface area contributed by atoms with Crippen molar-refractivity contribution in [3.8, 4) is 5.75 Å². The summed E-state index contributed by atoms with van der Waals surface area (Å²) < 4.78 is 6.72. The zero-order valence-corrected chi connectivity index (χ0v) is 16.4. The van der Waals surface area contributed by atoms with E-state index in [0.29, 0.717) is 18.9 Å². The van der Waals surface area contributed by atoms with Gasteiger partial charge >= 0.3 is 0 Å². The topological polar surface area (TPSA) is 38.3 Å². The van der Waals surface area contributed by atoms with Crippen LogP contribution in [0.2, 0.25) is 0 Å². The van der Waals surface area contributed by atoms with Crippen LogP contribution in [0.15, 0.2) is 46.9 Å². The number of amides is 1. The average Bonchev–Trinajstić information content (AvgIpc) is 2.56. The second kappa shape index (κ2) is 9.74. The molecule has 0 aromatic heterocycles. The summed E-state index contributed by atoms with van der Waals surface area (Å²) in [6.07, 6.45) is 0. The molecule has 0 aliphatic rings. The van der Waals surface area contributed by atoms with Gasteiger partial charge in [0.2, 0.25) is 5.91 Å². The Bertz CT molecular complexity index is 674. The second-order valence-electron chi connectivity index (χ2n) is 5.56. The minimum absolute atomic E-state index is 0.0424. The number of ether oxygens (including phenoxy) is 1. The minimum atomic E-state index is 0.0424. The summed E-state index contributed by atoms with van der Waals surface area (Å²) in [6.45, 7) is 5.13. The third-order valence-corrected chi connectivity index (χ3v) is 5.12. The molecular formula is C19H22BrNO2S. The van der Waals surface area contributed by atoms with Crippen molar-refractivity contribution in [1.29, 1.82) is 0 Å². The molecule has 0 fully saturated rings. The fourth-order valence-electron chi connectivity index (χ4n) is 2.06. The summed E-state index contributed by atoms with van der Waals surface area (Å²) in [5, 5.41) is 2.88. The van der Waals surface area contributed by atoms with Crippen molar-refractivity contribution in [3.05, 3.63) is 63.6 Å². The van der Waals surface area contributed by atoms with Gasteiger partial charge in [-0.25, -0.2) is 0 Å². The van der Waals surface area contributed by atoms with Crippen LogP contribution < -0.4 is 10.1 Å². The average molecular weight is 408 g/mol. The maximum absolute atomic E-state index is 11.8. The zero-order chi connectivity index (χ0) is 17.4. The fourth-order valence-corrected chi connectivity index (χ4v) is 3.14. The van der Waals surface area contributed by atoms with Gasteiger partial charge in [-0.1, -0.05) is 34.1 Å². The van der Waals surface area contributed by atoms with E-state index >= 15 is 0 Å². The molecule has 5 heteroatoms. The van der Waals surface area contributed by atoms with Crippen LogP contribution in [0, 0.1) is 13.8 Å². The number of hydrogen-bond acceptors (Lipinski definition) is 3. The lowest BCUT2D eigenvalue weighted by atomic mass is 10.1. The van der Waals surface area contributed by atoms with Crippen molar-refractivity contribution in [2.75, 3.05) is 18.9 Å². The van der Waals surface area contributed by atoms with Gasteiger partial charge in [-0.05, 0) is 54.8 Å². The molecule has 0 radical (unpaired) electrons. The SMILES string of the molecule is Cc1ccc(OCCNC(=O)CSCc2ccc(Br)cc2)cc1C. The molecule has 0 heterocycles. The molecule has 1 N–H and O–H groups in total. The van der Waals surface area contributed by atoms with Gasteiger partial charge in [0.25, 0.3) is 0 Å². The predicted octanol–water partition coefficient (Wildman–Crippen LogP) is 4.49. The number of halogens is 1. The normalized spacial score (nSPS) is 10.5. The van der Waals surface area contributed by atoms with Gasteiger partial charge in [0, 0.05) is 10.2 Å². The number of carbonyl (C=O) groups is 1. The summed E-state index contributed by atoms with van der Waals surface area (Å²) in [4.78, 5) is 11.8. The van der Waals surface area contributed by atoms with E-state index in [2.05, 4.69) is 47.2 Å². The third-order valence-electron chi connectivity index (χ3n) is 3.59. The van der Waals surface area contributed by atoms with Crippen LogP contribution in [0.3, 0.4) is 0 Å². The van der Waals surface area contributed by atoms with E-state index in [9.17, 15) is 4.79 Å². The standard InChI is InChI=1S/C19H22BrNO2S/c1-14-3-8-18(11-15(14)2)23-10-9-21-19(22)13-24-12-16-4-6-17(20)7-5-16/h3-8,11H,9-10,12-13H2,1-2H3,(H,21,22). The molecule has 0 bridgehead atoms. The zero-order valence-electron chi connectivity index (χ0n) is 14.0. The summed E-state index contributed by atoms with van der Waals surface area (Å²) in [5.74, 6) is 2.18. The Morgan fingerprint density at radius 1 is 1.12 bits per heavy atom. The van der Waals surface area contributed by atoms with Gasteiger partial charge in [-0.15, -0.1) is 11.8 Å². The summed E-state index contributed by atoms with van der Waals surface area (Å²) in [7, 11) is 0. The highest BCUT2D eigenvalue weighted by atomic mass is 79.9. The molecule has 0 saturated carbocycles. The van der Waals surface area contributed by atoms with Gasteiger partial charge in [0.05, 0.1) is 12.3 Å². The molecule has 3 nitrogen and oxygen atoms in total. The minimum Gasteiger partial charge on any atom is -0.492 e. The molecule has 0 atom stereocenters. The van der Waals surface area contributed by atoms with Crippen LogP contribution >= 0.6 is 27.7 Å². The second-order valence-corrected chi connectivity index (χ2v) is 7.47. The van der Waals surface area contributed by atoms with E-state index in [-0.39, 0.29) is 5.91 Å². The Morgan fingerprint density at radius 3 is 2.58 bits per heavy atom. The monoisotopic (exact) mass is 407 g/mol. The lowest BCUT2D eigenvalue weighted by Crippen LogP contribution is -2.29. The highest BCUT2D eigenvalue weighted by Gasteiger charge is 2.02. The Morgan fingerprint density at radius 2 is 1.88 bits per heavy atom. The smallest absolute Gasteiger partial charge is 0.230 e. The molecule has 128 valence electrons. The predicted molar refractivity (Wildman–Crippen MR) is 105 cm³/mol. The lowest BCUT2D eigenvalue weighted by molar-refractivity contribution is -0.118. The first kappa shape index (κ1) is 18.9. The number of nitrogens with one attached hydrogen (secondary N) is 1. The van der Waals surface area contributed by atoms with Crippen LogP contribution in [0.1, 0.15) is 16.7 Å². The first-order valence-corrected chi connectivity index (χ1v) is 9.78. The van der Waals surface area contributed by atoms with Crippen molar-refractivity contribution in [1.82, 2.24) is 5.32 Å². The van der Waals surface area contributed by atoms with Gasteiger partial charge in [-0.2, -0.15) is 0 Å².